The van der Waals surface area contributed by atoms with E-state index in [0.29, 0.717) is 5.95 Å². The summed E-state index contributed by atoms with van der Waals surface area (Å²) in [6.45, 7) is 2.12. The molecule has 0 bridgehead atoms. The van der Waals surface area contributed by atoms with E-state index in [9.17, 15) is 0 Å². The van der Waals surface area contributed by atoms with Crippen LogP contribution in [0.3, 0.4) is 0 Å². The van der Waals surface area contributed by atoms with Gasteiger partial charge in [-0.25, -0.2) is 9.50 Å². The minimum absolute atomic E-state index is 0.169. The molecule has 0 aliphatic heterocycles. The molecular weight excluding hydrogens is 246 g/mol. The fourth-order valence-electron chi connectivity index (χ4n) is 1.79. The number of nitrogens with one attached hydrogen (secondary N) is 1. The highest BCUT2D eigenvalue weighted by Crippen LogP contribution is 2.22. The van der Waals surface area contributed by atoms with Crippen molar-refractivity contribution < 1.29 is 0 Å². The van der Waals surface area contributed by atoms with Crippen LogP contribution in [0, 0.1) is 0 Å². The lowest BCUT2D eigenvalue weighted by Crippen LogP contribution is -2.10. The van der Waals surface area contributed by atoms with Crippen molar-refractivity contribution in [3.8, 4) is 0 Å². The van der Waals surface area contributed by atoms with E-state index >= 15 is 0 Å². The molecule has 3 aromatic heterocycles. The van der Waals surface area contributed by atoms with Gasteiger partial charge in [0.15, 0.2) is 5.65 Å². The molecule has 0 aliphatic rings. The van der Waals surface area contributed by atoms with Crippen LogP contribution in [0.1, 0.15) is 24.4 Å². The van der Waals surface area contributed by atoms with Crippen molar-refractivity contribution in [3.05, 3.63) is 41.0 Å². The maximum atomic E-state index is 4.43. The second-order valence-corrected chi connectivity index (χ2v) is 4.84. The summed E-state index contributed by atoms with van der Waals surface area (Å²) in [5.41, 5.74) is 0.842. The first-order valence-electron chi connectivity index (χ1n) is 5.84. The molecule has 0 spiro atoms. The summed E-state index contributed by atoms with van der Waals surface area (Å²) in [4.78, 5) is 8.76. The van der Waals surface area contributed by atoms with Crippen LogP contribution in [0.25, 0.3) is 5.65 Å². The largest absolute Gasteiger partial charge is 0.344 e. The lowest BCUT2D eigenvalue weighted by Gasteiger charge is -2.11. The summed E-state index contributed by atoms with van der Waals surface area (Å²) in [7, 11) is 0. The zero-order valence-electron chi connectivity index (χ0n) is 9.95. The molecule has 1 unspecified atom stereocenters. The van der Waals surface area contributed by atoms with E-state index < -0.39 is 0 Å². The van der Waals surface area contributed by atoms with E-state index in [2.05, 4.69) is 27.3 Å². The van der Waals surface area contributed by atoms with Gasteiger partial charge in [-0.1, -0.05) is 13.0 Å². The first-order chi connectivity index (χ1) is 8.86. The molecule has 3 aromatic rings. The van der Waals surface area contributed by atoms with Crippen molar-refractivity contribution >= 4 is 22.9 Å². The van der Waals surface area contributed by atoms with Crippen LogP contribution in [0.4, 0.5) is 5.95 Å². The molecule has 0 saturated carbocycles. The number of hydrogen-bond donors (Lipinski definition) is 1. The molecule has 18 heavy (non-hydrogen) atoms. The number of fused-ring (bicyclic) bond motifs is 1. The van der Waals surface area contributed by atoms with Crippen molar-refractivity contribution in [2.45, 2.75) is 19.4 Å². The molecule has 3 heterocycles. The summed E-state index contributed by atoms with van der Waals surface area (Å²) >= 11 is 1.65. The Morgan fingerprint density at radius 3 is 3.11 bits per heavy atom. The number of rotatable bonds is 4. The van der Waals surface area contributed by atoms with Crippen molar-refractivity contribution in [2.24, 2.45) is 0 Å². The third-order valence-corrected chi connectivity index (χ3v) is 3.59. The van der Waals surface area contributed by atoms with E-state index in [4.69, 9.17) is 0 Å². The average Bonchev–Trinajstić information content (AvgIpc) is 3.04. The Hall–Kier alpha value is -1.95. The minimum atomic E-state index is 0.169. The third kappa shape index (κ3) is 2.06. The average molecular weight is 259 g/mol. The van der Waals surface area contributed by atoms with Crippen LogP contribution in [0.15, 0.2) is 36.0 Å². The summed E-state index contributed by atoms with van der Waals surface area (Å²) < 4.78 is 1.76. The van der Waals surface area contributed by atoms with Gasteiger partial charge >= 0.3 is 0 Å². The zero-order valence-corrected chi connectivity index (χ0v) is 10.8. The van der Waals surface area contributed by atoms with Gasteiger partial charge in [-0.15, -0.1) is 16.4 Å². The van der Waals surface area contributed by atoms with E-state index in [-0.39, 0.29) is 6.04 Å². The standard InChI is InChI=1S/C12H13N5S/c1-2-9(11-13-6-8-18-11)14-12-15-10-5-3-4-7-17(10)16-12/h3-9H,2H2,1H3,(H,14,16). The molecule has 5 nitrogen and oxygen atoms in total. The van der Waals surface area contributed by atoms with Crippen molar-refractivity contribution in [3.63, 3.8) is 0 Å². The minimum Gasteiger partial charge on any atom is -0.344 e. The number of anilines is 1. The van der Waals surface area contributed by atoms with Gasteiger partial charge in [0, 0.05) is 17.8 Å². The molecule has 0 aromatic carbocycles. The maximum absolute atomic E-state index is 4.43. The van der Waals surface area contributed by atoms with Gasteiger partial charge in [-0.05, 0) is 18.6 Å². The third-order valence-electron chi connectivity index (χ3n) is 2.70. The Bertz CT molecular complexity index is 598. The zero-order chi connectivity index (χ0) is 12.4. The van der Waals surface area contributed by atoms with Gasteiger partial charge in [-0.3, -0.25) is 0 Å². The number of nitrogens with zero attached hydrogens (tertiary/aromatic N) is 4. The molecular formula is C12H13N5S. The molecule has 6 heteroatoms. The van der Waals surface area contributed by atoms with Crippen molar-refractivity contribution in [1.82, 2.24) is 19.6 Å². The van der Waals surface area contributed by atoms with Gasteiger partial charge in [0.25, 0.3) is 0 Å². The second-order valence-electron chi connectivity index (χ2n) is 3.91. The normalized spacial score (nSPS) is 12.7. The van der Waals surface area contributed by atoms with E-state index in [1.165, 1.54) is 0 Å². The monoisotopic (exact) mass is 259 g/mol. The van der Waals surface area contributed by atoms with E-state index in [0.717, 1.165) is 17.1 Å². The molecule has 1 atom stereocenters. The molecule has 0 radical (unpaired) electrons. The Morgan fingerprint density at radius 2 is 2.39 bits per heavy atom. The molecule has 0 amide bonds. The van der Waals surface area contributed by atoms with E-state index in [1.54, 1.807) is 15.9 Å². The molecule has 3 rings (SSSR count). The van der Waals surface area contributed by atoms with Gasteiger partial charge in [0.2, 0.25) is 5.95 Å². The molecule has 1 N–H and O–H groups in total. The van der Waals surface area contributed by atoms with Crippen molar-refractivity contribution in [2.75, 3.05) is 5.32 Å². The Balaban J connectivity index is 1.86. The van der Waals surface area contributed by atoms with Crippen LogP contribution < -0.4 is 5.32 Å². The second kappa shape index (κ2) is 4.73. The van der Waals surface area contributed by atoms with Crippen LogP contribution in [-0.2, 0) is 0 Å². The molecule has 0 aliphatic carbocycles. The fraction of sp³-hybridized carbons (Fsp3) is 0.250. The predicted molar refractivity (Wildman–Crippen MR) is 71.8 cm³/mol. The number of aromatic nitrogens is 4. The fourth-order valence-corrected chi connectivity index (χ4v) is 2.57. The first-order valence-corrected chi connectivity index (χ1v) is 6.72. The quantitative estimate of drug-likeness (QED) is 0.782. The number of pyridine rings is 1. The lowest BCUT2D eigenvalue weighted by atomic mass is 10.2. The topological polar surface area (TPSA) is 55.1 Å². The lowest BCUT2D eigenvalue weighted by molar-refractivity contribution is 0.731. The predicted octanol–water partition coefficient (Wildman–Crippen LogP) is 2.75. The maximum Gasteiger partial charge on any atom is 0.243 e. The number of hydrogen-bond acceptors (Lipinski definition) is 5. The highest BCUT2D eigenvalue weighted by molar-refractivity contribution is 7.09. The Labute approximate surface area is 109 Å². The van der Waals surface area contributed by atoms with Gasteiger partial charge in [-0.2, -0.15) is 4.98 Å². The van der Waals surface area contributed by atoms with Gasteiger partial charge < -0.3 is 5.32 Å². The van der Waals surface area contributed by atoms with Crippen LogP contribution >= 0.6 is 11.3 Å². The Morgan fingerprint density at radius 1 is 1.44 bits per heavy atom. The smallest absolute Gasteiger partial charge is 0.243 e. The van der Waals surface area contributed by atoms with E-state index in [1.807, 2.05) is 36.0 Å². The molecule has 0 saturated heterocycles. The summed E-state index contributed by atoms with van der Waals surface area (Å²) in [6, 6.07) is 5.99. The van der Waals surface area contributed by atoms with Gasteiger partial charge in [0.05, 0.1) is 6.04 Å². The highest BCUT2D eigenvalue weighted by atomic mass is 32.1. The SMILES string of the molecule is CCC(Nc1nc2ccccn2n1)c1nccs1. The summed E-state index contributed by atoms with van der Waals surface area (Å²) in [5, 5.41) is 10.8. The number of thiazole rings is 1. The first kappa shape index (κ1) is 11.2. The molecule has 92 valence electrons. The van der Waals surface area contributed by atoms with Crippen LogP contribution in [-0.4, -0.2) is 19.6 Å². The summed E-state index contributed by atoms with van der Waals surface area (Å²) in [6.07, 6.45) is 4.66. The summed E-state index contributed by atoms with van der Waals surface area (Å²) in [5.74, 6) is 0.642. The molecule has 0 fully saturated rings. The van der Waals surface area contributed by atoms with Crippen molar-refractivity contribution in [1.29, 1.82) is 0 Å². The highest BCUT2D eigenvalue weighted by Gasteiger charge is 2.14. The van der Waals surface area contributed by atoms with Crippen LogP contribution in [0.5, 0.6) is 0 Å². The van der Waals surface area contributed by atoms with Gasteiger partial charge in [0.1, 0.15) is 5.01 Å². The Kier molecular flexibility index (Phi) is 2.93. The van der Waals surface area contributed by atoms with Crippen LogP contribution in [0.2, 0.25) is 0 Å².